The zero-order chi connectivity index (χ0) is 15.1. The zero-order valence-electron chi connectivity index (χ0n) is 12.2. The Hall–Kier alpha value is -0.730. The smallest absolute Gasteiger partial charge is 0.325 e. The summed E-state index contributed by atoms with van der Waals surface area (Å²) in [5, 5.41) is 8.61. The van der Waals surface area contributed by atoms with Crippen molar-refractivity contribution >= 4 is 5.97 Å². The van der Waals surface area contributed by atoms with E-state index in [2.05, 4.69) is 6.92 Å². The van der Waals surface area contributed by atoms with E-state index in [9.17, 15) is 4.79 Å². The van der Waals surface area contributed by atoms with Crippen molar-refractivity contribution in [3.63, 3.8) is 0 Å². The molecular formula is C13H27NO6. The number of rotatable bonds is 14. The molecule has 0 aromatic rings. The molecule has 0 spiro atoms. The summed E-state index contributed by atoms with van der Waals surface area (Å²) in [4.78, 5) is 11.1. The molecule has 0 unspecified atom stereocenters. The third-order valence-corrected chi connectivity index (χ3v) is 2.36. The fourth-order valence-electron chi connectivity index (χ4n) is 1.17. The summed E-state index contributed by atoms with van der Waals surface area (Å²) in [7, 11) is 0. The molecule has 0 heterocycles. The van der Waals surface area contributed by atoms with Crippen LogP contribution in [0, 0.1) is 0 Å². The molecule has 0 amide bonds. The van der Waals surface area contributed by atoms with E-state index in [1.807, 2.05) is 0 Å². The predicted octanol–water partition coefficient (Wildman–Crippen LogP) is -0.301. The lowest BCUT2D eigenvalue weighted by molar-refractivity contribution is -0.147. The van der Waals surface area contributed by atoms with Crippen LogP contribution in [0.3, 0.4) is 0 Å². The van der Waals surface area contributed by atoms with Crippen molar-refractivity contribution in [3.8, 4) is 0 Å². The van der Waals surface area contributed by atoms with Gasteiger partial charge in [-0.2, -0.15) is 0 Å². The fraction of sp³-hybridized carbons (Fsp3) is 0.923. The summed E-state index contributed by atoms with van der Waals surface area (Å²) in [6.07, 6.45) is 2.20. The molecule has 7 nitrogen and oxygen atoms in total. The van der Waals surface area contributed by atoms with Crippen LogP contribution < -0.4 is 5.73 Å². The average Bonchev–Trinajstić information content (AvgIpc) is 2.47. The van der Waals surface area contributed by atoms with Crippen LogP contribution in [-0.4, -0.2) is 70.0 Å². The fourth-order valence-corrected chi connectivity index (χ4v) is 1.17. The van der Waals surface area contributed by atoms with Crippen LogP contribution in [0.5, 0.6) is 0 Å². The third kappa shape index (κ3) is 12.3. The maximum Gasteiger partial charge on any atom is 0.325 e. The third-order valence-electron chi connectivity index (χ3n) is 2.36. The van der Waals surface area contributed by atoms with Gasteiger partial charge in [0.2, 0.25) is 0 Å². The maximum absolute atomic E-state index is 11.1. The van der Waals surface area contributed by atoms with Crippen LogP contribution >= 0.6 is 0 Å². The molecule has 3 N–H and O–H groups in total. The van der Waals surface area contributed by atoms with Crippen molar-refractivity contribution in [2.45, 2.75) is 25.8 Å². The molecule has 0 bridgehead atoms. The van der Waals surface area contributed by atoms with E-state index in [0.717, 1.165) is 19.4 Å². The number of nitrogens with two attached hydrogens (primary N) is 1. The molecule has 0 fully saturated rings. The molecule has 0 aliphatic rings. The minimum absolute atomic E-state index is 0.118. The molecule has 0 aliphatic heterocycles. The van der Waals surface area contributed by atoms with Gasteiger partial charge < -0.3 is 29.8 Å². The van der Waals surface area contributed by atoms with Gasteiger partial charge in [0.1, 0.15) is 12.6 Å². The Morgan fingerprint density at radius 2 is 1.50 bits per heavy atom. The number of unbranched alkanes of at least 4 members (excludes halogenated alkanes) is 1. The van der Waals surface area contributed by atoms with Crippen LogP contribution in [0.15, 0.2) is 0 Å². The summed E-state index contributed by atoms with van der Waals surface area (Å²) in [6, 6.07) is -0.981. The van der Waals surface area contributed by atoms with E-state index >= 15 is 0 Å². The van der Waals surface area contributed by atoms with Crippen LogP contribution in [0.1, 0.15) is 19.8 Å². The molecule has 7 heteroatoms. The second-order valence-corrected chi connectivity index (χ2v) is 4.15. The maximum atomic E-state index is 11.1. The summed E-state index contributed by atoms with van der Waals surface area (Å²) >= 11 is 0. The average molecular weight is 293 g/mol. The van der Waals surface area contributed by atoms with Gasteiger partial charge in [0.25, 0.3) is 0 Å². The number of aliphatic hydroxyl groups excluding tert-OH is 1. The van der Waals surface area contributed by atoms with E-state index in [-0.39, 0.29) is 13.2 Å². The minimum atomic E-state index is -0.981. The van der Waals surface area contributed by atoms with Crippen molar-refractivity contribution in [3.05, 3.63) is 0 Å². The van der Waals surface area contributed by atoms with E-state index in [4.69, 9.17) is 29.8 Å². The number of carbonyl (C=O) groups excluding carboxylic acids is 1. The van der Waals surface area contributed by atoms with Crippen molar-refractivity contribution in [1.29, 1.82) is 0 Å². The molecule has 1 atom stereocenters. The van der Waals surface area contributed by atoms with E-state index < -0.39 is 18.6 Å². The molecule has 0 saturated carbocycles. The second kappa shape index (κ2) is 14.7. The van der Waals surface area contributed by atoms with Gasteiger partial charge in [0.05, 0.1) is 39.6 Å². The monoisotopic (exact) mass is 293 g/mol. The van der Waals surface area contributed by atoms with E-state index in [1.54, 1.807) is 0 Å². The summed E-state index contributed by atoms with van der Waals surface area (Å²) in [5.74, 6) is -0.628. The number of carbonyl (C=O) groups is 1. The first kappa shape index (κ1) is 19.3. The lowest BCUT2D eigenvalue weighted by Gasteiger charge is -2.09. The number of ether oxygens (including phenoxy) is 4. The lowest BCUT2D eigenvalue weighted by Crippen LogP contribution is -2.36. The standard InChI is InChI=1S/C13H27NO6/c1-2-3-4-17-5-6-18-7-8-19-9-10-20-13(16)12(14)11-15/h12,15H,2-11,14H2,1H3/t12-/m0/s1. The first-order chi connectivity index (χ1) is 9.72. The Bertz CT molecular complexity index is 227. The Labute approximate surface area is 120 Å². The highest BCUT2D eigenvalue weighted by atomic mass is 16.6. The Morgan fingerprint density at radius 1 is 1.00 bits per heavy atom. The van der Waals surface area contributed by atoms with Gasteiger partial charge in [-0.25, -0.2) is 0 Å². The van der Waals surface area contributed by atoms with Gasteiger partial charge in [-0.1, -0.05) is 13.3 Å². The highest BCUT2D eigenvalue weighted by Crippen LogP contribution is 1.88. The highest BCUT2D eigenvalue weighted by molar-refractivity contribution is 5.75. The van der Waals surface area contributed by atoms with Gasteiger partial charge in [-0.3, -0.25) is 4.79 Å². The van der Waals surface area contributed by atoms with Crippen molar-refractivity contribution in [2.24, 2.45) is 5.73 Å². The number of hydrogen-bond donors (Lipinski definition) is 2. The Morgan fingerprint density at radius 3 is 2.00 bits per heavy atom. The first-order valence-corrected chi connectivity index (χ1v) is 6.98. The van der Waals surface area contributed by atoms with Gasteiger partial charge >= 0.3 is 5.97 Å². The van der Waals surface area contributed by atoms with Crippen LogP contribution in [-0.2, 0) is 23.7 Å². The Kier molecular flexibility index (Phi) is 14.1. The lowest BCUT2D eigenvalue weighted by atomic mass is 10.3. The topological polar surface area (TPSA) is 100 Å². The molecule has 0 aromatic carbocycles. The van der Waals surface area contributed by atoms with Gasteiger partial charge in [0.15, 0.2) is 0 Å². The number of esters is 1. The molecule has 120 valence electrons. The largest absolute Gasteiger partial charge is 0.462 e. The Balaban J connectivity index is 3.11. The number of hydrogen-bond acceptors (Lipinski definition) is 7. The first-order valence-electron chi connectivity index (χ1n) is 6.98. The van der Waals surface area contributed by atoms with Gasteiger partial charge in [0, 0.05) is 6.61 Å². The van der Waals surface area contributed by atoms with Crippen LogP contribution in [0.2, 0.25) is 0 Å². The van der Waals surface area contributed by atoms with Crippen LogP contribution in [0.4, 0.5) is 0 Å². The van der Waals surface area contributed by atoms with Crippen molar-refractivity contribution in [2.75, 3.05) is 52.9 Å². The van der Waals surface area contributed by atoms with Gasteiger partial charge in [-0.15, -0.1) is 0 Å². The highest BCUT2D eigenvalue weighted by Gasteiger charge is 2.12. The van der Waals surface area contributed by atoms with E-state index in [1.165, 1.54) is 0 Å². The summed E-state index contributed by atoms with van der Waals surface area (Å²) < 4.78 is 20.6. The predicted molar refractivity (Wildman–Crippen MR) is 73.4 cm³/mol. The SMILES string of the molecule is CCCCOCCOCCOCCOC(=O)[C@@H](N)CO. The molecule has 0 aromatic heterocycles. The van der Waals surface area contributed by atoms with Crippen molar-refractivity contribution in [1.82, 2.24) is 0 Å². The molecule has 0 rings (SSSR count). The molecular weight excluding hydrogens is 266 g/mol. The number of aliphatic hydroxyl groups is 1. The molecule has 20 heavy (non-hydrogen) atoms. The van der Waals surface area contributed by atoms with Gasteiger partial charge in [-0.05, 0) is 6.42 Å². The quantitative estimate of drug-likeness (QED) is 0.335. The molecule has 0 radical (unpaired) electrons. The van der Waals surface area contributed by atoms with E-state index in [0.29, 0.717) is 26.4 Å². The van der Waals surface area contributed by atoms with Crippen LogP contribution in [0.25, 0.3) is 0 Å². The zero-order valence-corrected chi connectivity index (χ0v) is 12.2. The summed E-state index contributed by atoms with van der Waals surface area (Å²) in [6.45, 7) is 4.91. The molecule has 0 aliphatic carbocycles. The normalized spacial score (nSPS) is 12.3. The second-order valence-electron chi connectivity index (χ2n) is 4.15. The molecule has 0 saturated heterocycles. The minimum Gasteiger partial charge on any atom is -0.462 e. The summed E-state index contributed by atoms with van der Waals surface area (Å²) in [5.41, 5.74) is 5.26. The van der Waals surface area contributed by atoms with Crippen molar-refractivity contribution < 1.29 is 28.8 Å².